The molecule has 0 unspecified atom stereocenters. The Bertz CT molecular complexity index is 1040. The Morgan fingerprint density at radius 2 is 1.84 bits per heavy atom. The Morgan fingerprint density at radius 1 is 1.19 bits per heavy atom. The smallest absolute Gasteiger partial charge is 0.260 e. The quantitative estimate of drug-likeness (QED) is 0.724. The van der Waals surface area contributed by atoms with E-state index in [-0.39, 0.29) is 47.5 Å². The maximum absolute atomic E-state index is 12.6. The van der Waals surface area contributed by atoms with E-state index in [1.54, 1.807) is 43.0 Å². The van der Waals surface area contributed by atoms with Crippen LogP contribution in [-0.4, -0.2) is 52.1 Å². The summed E-state index contributed by atoms with van der Waals surface area (Å²) in [4.78, 5) is 26.6. The van der Waals surface area contributed by atoms with E-state index in [2.05, 4.69) is 0 Å². The summed E-state index contributed by atoms with van der Waals surface area (Å²) < 4.78 is 11.4. The largest absolute Gasteiger partial charge is 0.507 e. The normalized spacial score (nSPS) is 19.1. The summed E-state index contributed by atoms with van der Waals surface area (Å²) >= 11 is 5.93. The van der Waals surface area contributed by atoms with Crippen LogP contribution in [0.25, 0.3) is 0 Å². The Labute approximate surface area is 191 Å². The number of carbonyl (C=O) groups excluding carboxylic acids is 2. The predicted molar refractivity (Wildman–Crippen MR) is 118 cm³/mol. The first-order chi connectivity index (χ1) is 15.1. The topological polar surface area (TPSA) is 96.3 Å². The maximum atomic E-state index is 12.6. The van der Waals surface area contributed by atoms with Gasteiger partial charge in [-0.2, -0.15) is 0 Å². The molecular formula is C24H26ClNO6. The second kappa shape index (κ2) is 8.30. The number of Topliss-reactive ketones (excluding diaryl/α,β-unsaturated/α-hetero) is 1. The van der Waals surface area contributed by atoms with Gasteiger partial charge in [-0.3, -0.25) is 9.59 Å². The molecule has 0 atom stereocenters. The van der Waals surface area contributed by atoms with Gasteiger partial charge in [-0.1, -0.05) is 23.7 Å². The van der Waals surface area contributed by atoms with Crippen molar-refractivity contribution >= 4 is 23.3 Å². The van der Waals surface area contributed by atoms with E-state index in [1.165, 1.54) is 12.1 Å². The van der Waals surface area contributed by atoms with Gasteiger partial charge in [0.05, 0.1) is 12.0 Å². The fourth-order valence-corrected chi connectivity index (χ4v) is 4.37. The number of phenolic OH excluding ortho intramolecular Hbond substituents is 1. The number of benzene rings is 2. The fraction of sp³-hybridized carbons (Fsp3) is 0.417. The van der Waals surface area contributed by atoms with Gasteiger partial charge < -0.3 is 24.6 Å². The zero-order chi connectivity index (χ0) is 23.1. The third-order valence-electron chi connectivity index (χ3n) is 5.99. The molecular weight excluding hydrogens is 434 g/mol. The number of fused-ring (bicyclic) bond motifs is 1. The highest BCUT2D eigenvalue weighted by molar-refractivity contribution is 6.30. The average Bonchev–Trinajstić information content (AvgIpc) is 2.71. The number of aliphatic hydroxyl groups is 1. The number of carbonyl (C=O) groups is 2. The third kappa shape index (κ3) is 4.54. The zero-order valence-corrected chi connectivity index (χ0v) is 18.8. The Morgan fingerprint density at radius 3 is 2.50 bits per heavy atom. The van der Waals surface area contributed by atoms with Crippen molar-refractivity contribution in [2.75, 3.05) is 19.7 Å². The van der Waals surface area contributed by atoms with Gasteiger partial charge in [-0.05, 0) is 44.4 Å². The van der Waals surface area contributed by atoms with E-state index in [9.17, 15) is 19.8 Å². The molecule has 2 aromatic rings. The third-order valence-corrected chi connectivity index (χ3v) is 6.25. The predicted octanol–water partition coefficient (Wildman–Crippen LogP) is 3.68. The lowest BCUT2D eigenvalue weighted by atomic mass is 9.84. The standard InChI is InChI=1S/C24H26ClNO6/c1-23(2)13-19(28)22-18(27)11-17(12-20(22)32-23)31-14-21(29)26-9-7-24(30,8-10-26)15-3-5-16(25)6-4-15/h3-6,11-12,27,30H,7-10,13-14H2,1-2H3. The van der Waals surface area contributed by atoms with Gasteiger partial charge in [0.2, 0.25) is 0 Å². The van der Waals surface area contributed by atoms with Gasteiger partial charge in [-0.15, -0.1) is 0 Å². The minimum absolute atomic E-state index is 0.139. The van der Waals surface area contributed by atoms with Crippen LogP contribution in [0.1, 0.15) is 49.0 Å². The Balaban J connectivity index is 1.37. The van der Waals surface area contributed by atoms with Crippen LogP contribution < -0.4 is 9.47 Å². The fourth-order valence-electron chi connectivity index (χ4n) is 4.24. The molecule has 0 radical (unpaired) electrons. The van der Waals surface area contributed by atoms with Crippen LogP contribution in [0.15, 0.2) is 36.4 Å². The second-order valence-electron chi connectivity index (χ2n) is 8.99. The molecule has 0 saturated carbocycles. The number of hydrogen-bond acceptors (Lipinski definition) is 6. The number of hydrogen-bond donors (Lipinski definition) is 2. The first-order valence-electron chi connectivity index (χ1n) is 10.5. The van der Waals surface area contributed by atoms with Gasteiger partial charge in [0.1, 0.15) is 28.4 Å². The van der Waals surface area contributed by atoms with Gasteiger partial charge in [0, 0.05) is 30.2 Å². The summed E-state index contributed by atoms with van der Waals surface area (Å²) in [6.45, 7) is 4.15. The summed E-state index contributed by atoms with van der Waals surface area (Å²) in [7, 11) is 0. The molecule has 7 nitrogen and oxygen atoms in total. The van der Waals surface area contributed by atoms with E-state index < -0.39 is 11.2 Å². The minimum Gasteiger partial charge on any atom is -0.507 e. The minimum atomic E-state index is -0.997. The van der Waals surface area contributed by atoms with Gasteiger partial charge >= 0.3 is 0 Å². The number of rotatable bonds is 4. The highest BCUT2D eigenvalue weighted by Gasteiger charge is 2.36. The lowest BCUT2D eigenvalue weighted by Crippen LogP contribution is -2.46. The molecule has 0 aliphatic carbocycles. The number of likely N-dealkylation sites (tertiary alicyclic amines) is 1. The number of amides is 1. The molecule has 0 aromatic heterocycles. The Hall–Kier alpha value is -2.77. The first-order valence-corrected chi connectivity index (χ1v) is 10.9. The van der Waals surface area contributed by atoms with Crippen LogP contribution in [0, 0.1) is 0 Å². The van der Waals surface area contributed by atoms with Crippen LogP contribution in [0.5, 0.6) is 17.2 Å². The average molecular weight is 460 g/mol. The van der Waals surface area contributed by atoms with E-state index in [4.69, 9.17) is 21.1 Å². The number of aromatic hydroxyl groups is 1. The zero-order valence-electron chi connectivity index (χ0n) is 18.1. The number of ketones is 1. The molecule has 170 valence electrons. The van der Waals surface area contributed by atoms with Crippen LogP contribution >= 0.6 is 11.6 Å². The van der Waals surface area contributed by atoms with Crippen LogP contribution in [-0.2, 0) is 10.4 Å². The molecule has 32 heavy (non-hydrogen) atoms. The molecule has 0 spiro atoms. The molecule has 8 heteroatoms. The summed E-state index contributed by atoms with van der Waals surface area (Å²) in [5.41, 5.74) is -0.754. The van der Waals surface area contributed by atoms with Crippen LogP contribution in [0.2, 0.25) is 5.02 Å². The molecule has 1 fully saturated rings. The lowest BCUT2D eigenvalue weighted by Gasteiger charge is -2.38. The number of nitrogens with zero attached hydrogens (tertiary/aromatic N) is 1. The summed E-state index contributed by atoms with van der Waals surface area (Å²) in [6, 6.07) is 9.94. The van der Waals surface area contributed by atoms with Crippen LogP contribution in [0.3, 0.4) is 0 Å². The molecule has 2 aliphatic heterocycles. The molecule has 0 bridgehead atoms. The maximum Gasteiger partial charge on any atom is 0.260 e. The molecule has 1 amide bonds. The second-order valence-corrected chi connectivity index (χ2v) is 9.42. The summed E-state index contributed by atoms with van der Waals surface area (Å²) in [6.07, 6.45) is 0.986. The van der Waals surface area contributed by atoms with Crippen molar-refractivity contribution in [3.63, 3.8) is 0 Å². The number of ether oxygens (including phenoxy) is 2. The van der Waals surface area contributed by atoms with E-state index in [1.807, 2.05) is 0 Å². The number of phenols is 1. The van der Waals surface area contributed by atoms with E-state index in [0.29, 0.717) is 31.0 Å². The van der Waals surface area contributed by atoms with Gasteiger partial charge in [0.15, 0.2) is 12.4 Å². The van der Waals surface area contributed by atoms with Gasteiger partial charge in [-0.25, -0.2) is 0 Å². The van der Waals surface area contributed by atoms with Crippen LogP contribution in [0.4, 0.5) is 0 Å². The molecule has 2 aliphatic rings. The first kappa shape index (κ1) is 22.4. The van der Waals surface area contributed by atoms with Crippen molar-refractivity contribution in [3.8, 4) is 17.2 Å². The van der Waals surface area contributed by atoms with Crippen molar-refractivity contribution in [3.05, 3.63) is 52.5 Å². The van der Waals surface area contributed by atoms with Crippen molar-refractivity contribution in [1.29, 1.82) is 0 Å². The van der Waals surface area contributed by atoms with Gasteiger partial charge in [0.25, 0.3) is 5.91 Å². The molecule has 2 heterocycles. The van der Waals surface area contributed by atoms with Crippen molar-refractivity contribution < 1.29 is 29.3 Å². The van der Waals surface area contributed by atoms with E-state index in [0.717, 1.165) is 5.56 Å². The molecule has 1 saturated heterocycles. The summed E-state index contributed by atoms with van der Waals surface area (Å²) in [5, 5.41) is 21.8. The SMILES string of the molecule is CC1(C)CC(=O)c2c(O)cc(OCC(=O)N3CCC(O)(c4ccc(Cl)cc4)CC3)cc2O1. The van der Waals surface area contributed by atoms with E-state index >= 15 is 0 Å². The Kier molecular flexibility index (Phi) is 5.81. The number of halogens is 1. The monoisotopic (exact) mass is 459 g/mol. The van der Waals surface area contributed by atoms with Crippen molar-refractivity contribution in [2.45, 2.75) is 44.3 Å². The molecule has 2 N–H and O–H groups in total. The van der Waals surface area contributed by atoms with Crippen molar-refractivity contribution in [2.24, 2.45) is 0 Å². The number of piperidine rings is 1. The summed E-state index contributed by atoms with van der Waals surface area (Å²) in [5.74, 6) is -0.151. The molecule has 4 rings (SSSR count). The highest BCUT2D eigenvalue weighted by atomic mass is 35.5. The van der Waals surface area contributed by atoms with Crippen molar-refractivity contribution in [1.82, 2.24) is 4.90 Å². The highest BCUT2D eigenvalue weighted by Crippen LogP contribution is 2.41. The lowest BCUT2D eigenvalue weighted by molar-refractivity contribution is -0.137. The molecule has 2 aromatic carbocycles.